The molecule has 1 amide bonds. The highest BCUT2D eigenvalue weighted by Gasteiger charge is 2.11. The molecule has 0 aliphatic carbocycles. The second kappa shape index (κ2) is 4.84. The van der Waals surface area contributed by atoms with E-state index in [0.717, 1.165) is 12.1 Å². The Morgan fingerprint density at radius 2 is 1.93 bits per heavy atom. The van der Waals surface area contributed by atoms with Crippen LogP contribution in [0.15, 0.2) is 18.2 Å². The third-order valence-electron chi connectivity index (χ3n) is 1.78. The van der Waals surface area contributed by atoms with E-state index in [1.807, 2.05) is 0 Å². The zero-order valence-corrected chi connectivity index (χ0v) is 8.13. The molecular weight excluding hydrogens is 204 g/mol. The number of carbonyl (C=O) groups is 1. The van der Waals surface area contributed by atoms with Crippen LogP contribution in [0.5, 0.6) is 0 Å². The van der Waals surface area contributed by atoms with Gasteiger partial charge in [-0.2, -0.15) is 0 Å². The molecule has 0 unspecified atom stereocenters. The molecule has 0 bridgehead atoms. The first-order valence-electron chi connectivity index (χ1n) is 4.40. The number of rotatable bonds is 3. The summed E-state index contributed by atoms with van der Waals surface area (Å²) in [7, 11) is 0. The van der Waals surface area contributed by atoms with Crippen molar-refractivity contribution in [1.82, 2.24) is 5.32 Å². The third-order valence-corrected chi connectivity index (χ3v) is 1.78. The fourth-order valence-electron chi connectivity index (χ4n) is 1.04. The molecule has 1 aromatic rings. The molecule has 15 heavy (non-hydrogen) atoms. The summed E-state index contributed by atoms with van der Waals surface area (Å²) in [4.78, 5) is 11.4. The quantitative estimate of drug-likeness (QED) is 0.792. The summed E-state index contributed by atoms with van der Waals surface area (Å²) in [5, 5.41) is 11.1. The molecule has 0 aliphatic rings. The van der Waals surface area contributed by atoms with Crippen molar-refractivity contribution in [3.63, 3.8) is 0 Å². The van der Waals surface area contributed by atoms with Crippen LogP contribution < -0.4 is 5.32 Å². The van der Waals surface area contributed by atoms with Crippen molar-refractivity contribution < 1.29 is 18.7 Å². The summed E-state index contributed by atoms with van der Waals surface area (Å²) in [6.07, 6.45) is 0. The molecule has 5 heteroatoms. The van der Waals surface area contributed by atoms with E-state index in [4.69, 9.17) is 5.11 Å². The standard InChI is InChI=1S/C10H11F2NO2/c1-6(5-14)13-10(15)7-2-8(11)4-9(12)3-7/h2-4,6,14H,5H2,1H3,(H,13,15)/t6-/m0/s1. The SMILES string of the molecule is C[C@@H](CO)NC(=O)c1cc(F)cc(F)c1. The van der Waals surface area contributed by atoms with E-state index in [1.165, 1.54) is 0 Å². The lowest BCUT2D eigenvalue weighted by Crippen LogP contribution is -2.35. The molecule has 0 saturated carbocycles. The van der Waals surface area contributed by atoms with Gasteiger partial charge in [-0.25, -0.2) is 8.78 Å². The smallest absolute Gasteiger partial charge is 0.251 e. The van der Waals surface area contributed by atoms with Crippen LogP contribution in [0.2, 0.25) is 0 Å². The Morgan fingerprint density at radius 1 is 1.40 bits per heavy atom. The first-order valence-corrected chi connectivity index (χ1v) is 4.40. The van der Waals surface area contributed by atoms with Gasteiger partial charge in [0.05, 0.1) is 6.61 Å². The van der Waals surface area contributed by atoms with Gasteiger partial charge in [-0.3, -0.25) is 4.79 Å². The minimum absolute atomic E-state index is 0.104. The number of nitrogens with one attached hydrogen (secondary N) is 1. The van der Waals surface area contributed by atoms with Gasteiger partial charge in [-0.1, -0.05) is 0 Å². The highest BCUT2D eigenvalue weighted by molar-refractivity contribution is 5.94. The fourth-order valence-corrected chi connectivity index (χ4v) is 1.04. The molecular formula is C10H11F2NO2. The molecule has 0 aromatic heterocycles. The molecule has 0 saturated heterocycles. The zero-order chi connectivity index (χ0) is 11.4. The van der Waals surface area contributed by atoms with Crippen molar-refractivity contribution in [2.45, 2.75) is 13.0 Å². The summed E-state index contributed by atoms with van der Waals surface area (Å²) in [6, 6.07) is 2.10. The highest BCUT2D eigenvalue weighted by Crippen LogP contribution is 2.07. The summed E-state index contributed by atoms with van der Waals surface area (Å²) in [5.74, 6) is -2.23. The molecule has 3 nitrogen and oxygen atoms in total. The van der Waals surface area contributed by atoms with Gasteiger partial charge >= 0.3 is 0 Å². The lowest BCUT2D eigenvalue weighted by molar-refractivity contribution is 0.0921. The Balaban J connectivity index is 2.82. The molecule has 1 rings (SSSR count). The summed E-state index contributed by atoms with van der Waals surface area (Å²) in [5.41, 5.74) is -0.104. The Morgan fingerprint density at radius 3 is 2.40 bits per heavy atom. The van der Waals surface area contributed by atoms with Crippen LogP contribution in [0.1, 0.15) is 17.3 Å². The van der Waals surface area contributed by atoms with E-state index in [-0.39, 0.29) is 12.2 Å². The first-order chi connectivity index (χ1) is 7.02. The summed E-state index contributed by atoms with van der Waals surface area (Å²) in [6.45, 7) is 1.34. The second-order valence-corrected chi connectivity index (χ2v) is 3.22. The van der Waals surface area contributed by atoms with E-state index in [0.29, 0.717) is 6.07 Å². The molecule has 0 fully saturated rings. The molecule has 2 N–H and O–H groups in total. The Hall–Kier alpha value is -1.49. The van der Waals surface area contributed by atoms with Crippen molar-refractivity contribution in [3.8, 4) is 0 Å². The van der Waals surface area contributed by atoms with Crippen LogP contribution in [0.25, 0.3) is 0 Å². The van der Waals surface area contributed by atoms with Gasteiger partial charge < -0.3 is 10.4 Å². The average molecular weight is 215 g/mol. The van der Waals surface area contributed by atoms with Gasteiger partial charge in [-0.15, -0.1) is 0 Å². The number of halogens is 2. The number of aliphatic hydroxyl groups is 1. The Bertz CT molecular complexity index is 348. The van der Waals surface area contributed by atoms with E-state index >= 15 is 0 Å². The largest absolute Gasteiger partial charge is 0.394 e. The average Bonchev–Trinajstić information content (AvgIpc) is 2.16. The van der Waals surface area contributed by atoms with Gasteiger partial charge in [0.2, 0.25) is 0 Å². The number of benzene rings is 1. The van der Waals surface area contributed by atoms with Gasteiger partial charge in [0, 0.05) is 17.7 Å². The van der Waals surface area contributed by atoms with Crippen LogP contribution >= 0.6 is 0 Å². The van der Waals surface area contributed by atoms with Gasteiger partial charge in [0.1, 0.15) is 11.6 Å². The topological polar surface area (TPSA) is 49.3 Å². The van der Waals surface area contributed by atoms with Crippen molar-refractivity contribution in [2.75, 3.05) is 6.61 Å². The van der Waals surface area contributed by atoms with Crippen LogP contribution in [0.3, 0.4) is 0 Å². The number of amides is 1. The third kappa shape index (κ3) is 3.28. The molecule has 82 valence electrons. The van der Waals surface area contributed by atoms with Gasteiger partial charge in [0.15, 0.2) is 0 Å². The summed E-state index contributed by atoms with van der Waals surface area (Å²) < 4.78 is 25.5. The molecule has 1 atom stereocenters. The molecule has 0 radical (unpaired) electrons. The van der Waals surface area contributed by atoms with Crippen LogP contribution in [0, 0.1) is 11.6 Å². The van der Waals surface area contributed by atoms with E-state index in [9.17, 15) is 13.6 Å². The molecule has 0 aliphatic heterocycles. The number of hydrogen-bond donors (Lipinski definition) is 2. The van der Waals surface area contributed by atoms with Crippen molar-refractivity contribution >= 4 is 5.91 Å². The van der Waals surface area contributed by atoms with E-state index in [2.05, 4.69) is 5.32 Å². The predicted molar refractivity (Wildman–Crippen MR) is 50.4 cm³/mol. The minimum atomic E-state index is -0.809. The monoisotopic (exact) mass is 215 g/mol. The first kappa shape index (κ1) is 11.6. The Kier molecular flexibility index (Phi) is 3.74. The van der Waals surface area contributed by atoms with Crippen molar-refractivity contribution in [3.05, 3.63) is 35.4 Å². The maximum absolute atomic E-state index is 12.7. The lowest BCUT2D eigenvalue weighted by atomic mass is 10.2. The number of hydrogen-bond acceptors (Lipinski definition) is 2. The molecule has 1 aromatic carbocycles. The van der Waals surface area contributed by atoms with E-state index < -0.39 is 23.6 Å². The van der Waals surface area contributed by atoms with Crippen molar-refractivity contribution in [1.29, 1.82) is 0 Å². The van der Waals surface area contributed by atoms with Gasteiger partial charge in [-0.05, 0) is 19.1 Å². The van der Waals surface area contributed by atoms with Crippen LogP contribution in [-0.4, -0.2) is 23.7 Å². The zero-order valence-electron chi connectivity index (χ0n) is 8.13. The summed E-state index contributed by atoms with van der Waals surface area (Å²) >= 11 is 0. The lowest BCUT2D eigenvalue weighted by Gasteiger charge is -2.10. The van der Waals surface area contributed by atoms with Gasteiger partial charge in [0.25, 0.3) is 5.91 Å². The fraction of sp³-hybridized carbons (Fsp3) is 0.300. The maximum Gasteiger partial charge on any atom is 0.251 e. The maximum atomic E-state index is 12.7. The van der Waals surface area contributed by atoms with Crippen molar-refractivity contribution in [2.24, 2.45) is 0 Å². The van der Waals surface area contributed by atoms with Crippen LogP contribution in [0.4, 0.5) is 8.78 Å². The minimum Gasteiger partial charge on any atom is -0.394 e. The predicted octanol–water partition coefficient (Wildman–Crippen LogP) is 1.08. The van der Waals surface area contributed by atoms with Crippen LogP contribution in [-0.2, 0) is 0 Å². The number of aliphatic hydroxyl groups excluding tert-OH is 1. The highest BCUT2D eigenvalue weighted by atomic mass is 19.1. The number of carbonyl (C=O) groups excluding carboxylic acids is 1. The normalized spacial score (nSPS) is 12.3. The molecule has 0 heterocycles. The molecule has 0 spiro atoms. The Labute approximate surface area is 85.7 Å². The second-order valence-electron chi connectivity index (χ2n) is 3.22. The van der Waals surface area contributed by atoms with E-state index in [1.54, 1.807) is 6.92 Å².